The zero-order valence-corrected chi connectivity index (χ0v) is 18.4. The Bertz CT molecular complexity index is 1490. The molecular formula is C25H19ClN2O5. The number of nitrogens with zero attached hydrogens (tertiary/aromatic N) is 1. The van der Waals surface area contributed by atoms with Crippen LogP contribution >= 0.6 is 11.6 Å². The Hall–Kier alpha value is -3.84. The van der Waals surface area contributed by atoms with Gasteiger partial charge in [0.1, 0.15) is 5.75 Å². The van der Waals surface area contributed by atoms with Gasteiger partial charge in [-0.05, 0) is 42.3 Å². The Kier molecular flexibility index (Phi) is 5.06. The fourth-order valence-corrected chi connectivity index (χ4v) is 4.81. The Morgan fingerprint density at radius 1 is 1.03 bits per heavy atom. The summed E-state index contributed by atoms with van der Waals surface area (Å²) in [7, 11) is 1.56. The summed E-state index contributed by atoms with van der Waals surface area (Å²) in [6.07, 6.45) is 0.419. The number of carboxylic acid groups (broad SMARTS) is 1. The number of halogens is 1. The van der Waals surface area contributed by atoms with Gasteiger partial charge in [-0.3, -0.25) is 19.7 Å². The van der Waals surface area contributed by atoms with Crippen molar-refractivity contribution >= 4 is 51.2 Å². The zero-order valence-electron chi connectivity index (χ0n) is 17.6. The molecule has 8 heteroatoms. The summed E-state index contributed by atoms with van der Waals surface area (Å²) in [6.45, 7) is 0.426. The molecule has 3 aromatic carbocycles. The molecule has 0 spiro atoms. The third kappa shape index (κ3) is 3.32. The number of nitrogens with one attached hydrogen (secondary N) is 1. The number of hydrogen-bond donors (Lipinski definition) is 2. The maximum atomic E-state index is 13.0. The van der Waals surface area contributed by atoms with E-state index in [0.717, 1.165) is 16.4 Å². The number of ether oxygens (including phenoxy) is 1. The van der Waals surface area contributed by atoms with Crippen LogP contribution in [0.25, 0.3) is 32.9 Å². The molecule has 1 aliphatic heterocycles. The fourth-order valence-electron chi connectivity index (χ4n) is 4.57. The van der Waals surface area contributed by atoms with Gasteiger partial charge in [-0.15, -0.1) is 0 Å². The highest BCUT2D eigenvalue weighted by Gasteiger charge is 2.35. The maximum absolute atomic E-state index is 13.0. The zero-order chi connectivity index (χ0) is 23.3. The molecule has 2 amide bonds. The number of amides is 2. The molecular weight excluding hydrogens is 444 g/mol. The first-order valence-electron chi connectivity index (χ1n) is 10.4. The smallest absolute Gasteiger partial charge is 0.303 e. The molecule has 7 nitrogen and oxygen atoms in total. The molecule has 0 saturated carbocycles. The number of fused-ring (bicyclic) bond motifs is 5. The lowest BCUT2D eigenvalue weighted by Gasteiger charge is -2.12. The number of imide groups is 1. The molecule has 0 fully saturated rings. The van der Waals surface area contributed by atoms with E-state index in [0.29, 0.717) is 45.8 Å². The Labute approximate surface area is 193 Å². The summed E-state index contributed by atoms with van der Waals surface area (Å²) in [5.74, 6) is -1.20. The number of aliphatic carboxylic acids is 1. The number of methoxy groups -OCH3 is 1. The second kappa shape index (κ2) is 7.94. The van der Waals surface area contributed by atoms with Crippen LogP contribution in [0.3, 0.4) is 0 Å². The summed E-state index contributed by atoms with van der Waals surface area (Å²) in [4.78, 5) is 37.0. The predicted molar refractivity (Wildman–Crippen MR) is 125 cm³/mol. The average Bonchev–Trinajstić information content (AvgIpc) is 3.26. The van der Waals surface area contributed by atoms with Crippen LogP contribution in [-0.4, -0.2) is 34.6 Å². The van der Waals surface area contributed by atoms with E-state index >= 15 is 0 Å². The van der Waals surface area contributed by atoms with Gasteiger partial charge in [-0.25, -0.2) is 0 Å². The Morgan fingerprint density at radius 3 is 2.52 bits per heavy atom. The molecule has 2 heterocycles. The third-order valence-corrected chi connectivity index (χ3v) is 6.31. The van der Waals surface area contributed by atoms with Crippen LogP contribution in [0, 0.1) is 0 Å². The number of aromatic nitrogens is 1. The molecule has 0 aliphatic carbocycles. The van der Waals surface area contributed by atoms with Gasteiger partial charge in [0.25, 0.3) is 11.8 Å². The molecule has 4 aromatic rings. The van der Waals surface area contributed by atoms with E-state index in [9.17, 15) is 14.4 Å². The first-order valence-corrected chi connectivity index (χ1v) is 10.8. The van der Waals surface area contributed by atoms with Gasteiger partial charge in [0, 0.05) is 39.8 Å². The average molecular weight is 463 g/mol. The van der Waals surface area contributed by atoms with E-state index in [1.807, 2.05) is 34.9 Å². The lowest BCUT2D eigenvalue weighted by molar-refractivity contribution is -0.137. The van der Waals surface area contributed by atoms with Gasteiger partial charge in [0.05, 0.1) is 23.8 Å². The normalized spacial score (nSPS) is 12.9. The van der Waals surface area contributed by atoms with Crippen molar-refractivity contribution in [3.63, 3.8) is 0 Å². The summed E-state index contributed by atoms with van der Waals surface area (Å²) in [5.41, 5.74) is 3.32. The van der Waals surface area contributed by atoms with E-state index in [2.05, 4.69) is 5.32 Å². The minimum absolute atomic E-state index is 0.0125. The number of carboxylic acids is 1. The van der Waals surface area contributed by atoms with Crippen molar-refractivity contribution in [3.05, 3.63) is 64.7 Å². The molecule has 166 valence electrons. The van der Waals surface area contributed by atoms with E-state index in [4.69, 9.17) is 21.4 Å². The van der Waals surface area contributed by atoms with Crippen molar-refractivity contribution in [2.75, 3.05) is 7.11 Å². The van der Waals surface area contributed by atoms with Crippen molar-refractivity contribution in [2.24, 2.45) is 0 Å². The van der Waals surface area contributed by atoms with Crippen molar-refractivity contribution in [2.45, 2.75) is 19.4 Å². The number of hydrogen-bond acceptors (Lipinski definition) is 4. The van der Waals surface area contributed by atoms with Crippen LogP contribution in [0.15, 0.2) is 48.5 Å². The lowest BCUT2D eigenvalue weighted by Crippen LogP contribution is -2.20. The highest BCUT2D eigenvalue weighted by molar-refractivity contribution is 6.36. The van der Waals surface area contributed by atoms with Crippen LogP contribution in [-0.2, 0) is 11.3 Å². The molecule has 5 rings (SSSR count). The molecule has 33 heavy (non-hydrogen) atoms. The van der Waals surface area contributed by atoms with E-state index in [-0.39, 0.29) is 12.0 Å². The van der Waals surface area contributed by atoms with Crippen LogP contribution < -0.4 is 10.1 Å². The second-order valence-corrected chi connectivity index (χ2v) is 8.27. The molecule has 0 bridgehead atoms. The molecule has 0 radical (unpaired) electrons. The van der Waals surface area contributed by atoms with Gasteiger partial charge in [-0.1, -0.05) is 29.8 Å². The van der Waals surface area contributed by atoms with Gasteiger partial charge < -0.3 is 14.4 Å². The lowest BCUT2D eigenvalue weighted by atomic mass is 9.93. The molecule has 2 N–H and O–H groups in total. The van der Waals surface area contributed by atoms with E-state index in [1.54, 1.807) is 25.3 Å². The van der Waals surface area contributed by atoms with Crippen LogP contribution in [0.2, 0.25) is 5.02 Å². The maximum Gasteiger partial charge on any atom is 0.303 e. The van der Waals surface area contributed by atoms with Crippen molar-refractivity contribution in [1.82, 2.24) is 9.88 Å². The first-order chi connectivity index (χ1) is 15.9. The quantitative estimate of drug-likeness (QED) is 0.398. The SMILES string of the molecule is COc1ccc2c(c1)c1c3c(c(-c4ccccc4Cl)cc1n2CCCC(=O)O)C(=O)NC3=O. The summed E-state index contributed by atoms with van der Waals surface area (Å²) in [5, 5.41) is 13.4. The molecule has 1 aromatic heterocycles. The molecule has 0 saturated heterocycles. The molecule has 0 atom stereocenters. The summed E-state index contributed by atoms with van der Waals surface area (Å²) < 4.78 is 7.39. The van der Waals surface area contributed by atoms with Crippen molar-refractivity contribution < 1.29 is 24.2 Å². The largest absolute Gasteiger partial charge is 0.497 e. The summed E-state index contributed by atoms with van der Waals surface area (Å²) >= 11 is 6.47. The number of rotatable bonds is 6. The third-order valence-electron chi connectivity index (χ3n) is 5.98. The Balaban J connectivity index is 1.90. The van der Waals surface area contributed by atoms with E-state index in [1.165, 1.54) is 0 Å². The fraction of sp³-hybridized carbons (Fsp3) is 0.160. The van der Waals surface area contributed by atoms with Crippen LogP contribution in [0.4, 0.5) is 0 Å². The standard InChI is InChI=1S/C25H19ClN2O5/c1-33-13-8-9-18-16(11-13)21-19(28(18)10-4-7-20(29)30)12-15(14-5-2-3-6-17(14)26)22-23(21)25(32)27-24(22)31/h2-3,5-6,8-9,11-12H,4,7,10H2,1H3,(H,29,30)(H,27,31,32). The predicted octanol–water partition coefficient (Wildman–Crippen LogP) is 4.87. The molecule has 1 aliphatic rings. The van der Waals surface area contributed by atoms with Crippen LogP contribution in [0.5, 0.6) is 5.75 Å². The minimum atomic E-state index is -0.875. The number of carbonyl (C=O) groups excluding carboxylic acids is 2. The topological polar surface area (TPSA) is 97.6 Å². The number of benzene rings is 3. The minimum Gasteiger partial charge on any atom is -0.497 e. The Morgan fingerprint density at radius 2 is 1.79 bits per heavy atom. The first kappa shape index (κ1) is 21.0. The van der Waals surface area contributed by atoms with Crippen molar-refractivity contribution in [1.29, 1.82) is 0 Å². The second-order valence-electron chi connectivity index (χ2n) is 7.86. The molecule has 0 unspecified atom stereocenters. The van der Waals surface area contributed by atoms with E-state index < -0.39 is 17.8 Å². The van der Waals surface area contributed by atoms with Gasteiger partial charge >= 0.3 is 5.97 Å². The van der Waals surface area contributed by atoms with Crippen LogP contribution in [0.1, 0.15) is 33.6 Å². The summed E-state index contributed by atoms with van der Waals surface area (Å²) in [6, 6.07) is 14.5. The highest BCUT2D eigenvalue weighted by Crippen LogP contribution is 2.42. The van der Waals surface area contributed by atoms with Crippen molar-refractivity contribution in [3.8, 4) is 16.9 Å². The number of carbonyl (C=O) groups is 3. The number of aryl methyl sites for hydroxylation is 1. The van der Waals surface area contributed by atoms with Gasteiger partial charge in [0.2, 0.25) is 0 Å². The van der Waals surface area contributed by atoms with Gasteiger partial charge in [0.15, 0.2) is 0 Å². The highest BCUT2D eigenvalue weighted by atomic mass is 35.5. The monoisotopic (exact) mass is 462 g/mol. The van der Waals surface area contributed by atoms with Gasteiger partial charge in [-0.2, -0.15) is 0 Å².